The zero-order valence-electron chi connectivity index (χ0n) is 5.37. The van der Waals surface area contributed by atoms with Crippen molar-refractivity contribution in [2.24, 2.45) is 0 Å². The van der Waals surface area contributed by atoms with Crippen molar-refractivity contribution in [2.75, 3.05) is 0 Å². The van der Waals surface area contributed by atoms with Gasteiger partial charge in [0, 0.05) is 10.4 Å². The maximum Gasteiger partial charge on any atom is 2.00 e. The first kappa shape index (κ1) is 29.5. The van der Waals surface area contributed by atoms with Gasteiger partial charge in [0.25, 0.3) is 0 Å². The first-order valence-electron chi connectivity index (χ1n) is 1.44. The Hall–Kier alpha value is 1.21. The summed E-state index contributed by atoms with van der Waals surface area (Å²) in [5, 5.41) is 14.8. The molecule has 0 aliphatic heterocycles. The summed E-state index contributed by atoms with van der Waals surface area (Å²) in [6.45, 7) is 0. The van der Waals surface area contributed by atoms with Gasteiger partial charge in [0.1, 0.15) is 0 Å². The second-order valence-electron chi connectivity index (χ2n) is 0.675. The van der Waals surface area contributed by atoms with Gasteiger partial charge in [0.2, 0.25) is 0 Å². The Bertz CT molecular complexity index is 181. The molecule has 0 saturated heterocycles. The predicted octanol–water partition coefficient (Wildman–Crippen LogP) is -0.206. The largest absolute Gasteiger partial charge is 2.00 e. The van der Waals surface area contributed by atoms with E-state index in [1.54, 1.807) is 0 Å². The first-order valence-corrected chi connectivity index (χ1v) is 5.37. The van der Waals surface area contributed by atoms with Gasteiger partial charge in [-0.3, -0.25) is 8.42 Å². The van der Waals surface area contributed by atoms with Crippen LogP contribution in [0.5, 0.6) is 0 Å². The van der Waals surface area contributed by atoms with Crippen LogP contribution in [0.2, 0.25) is 0 Å². The summed E-state index contributed by atoms with van der Waals surface area (Å²) in [7, 11) is 4.17. The maximum absolute atomic E-state index is 8.52. The van der Waals surface area contributed by atoms with Gasteiger partial charge in [-0.15, -0.1) is 0 Å². The number of hydrogen-bond acceptors (Lipinski definition) is 7. The summed E-state index contributed by atoms with van der Waals surface area (Å²) in [4.78, 5) is 8.25. The molecule has 0 unspecified atom stereocenters. The third-order valence-corrected chi connectivity index (χ3v) is 0. The topological polar surface area (TPSA) is 146 Å². The smallest absolute Gasteiger partial charge is 2.00 e. The third kappa shape index (κ3) is 1350. The van der Waals surface area contributed by atoms with Gasteiger partial charge in [-0.25, -0.2) is 0 Å². The van der Waals surface area contributed by atoms with E-state index in [0.717, 1.165) is 13.1 Å². The molecule has 0 atom stereocenters. The van der Waals surface area contributed by atoms with Crippen LogP contribution in [0, 0.1) is 15.3 Å². The Morgan fingerprint density at radius 2 is 1.07 bits per heavy atom. The number of hydrogen-bond donors (Lipinski definition) is 0. The summed E-state index contributed by atoms with van der Waals surface area (Å²) in [5.41, 5.74) is 0. The van der Waals surface area contributed by atoms with Crippen molar-refractivity contribution in [3.63, 3.8) is 0 Å². The SMILES string of the molecule is O=S(=O)([O-])[O-].O=[N+]([O-])[O-].[Cl][Cu][Cl].[Cu+2].[Cu+2]. The van der Waals surface area contributed by atoms with E-state index in [9.17, 15) is 0 Å². The molecule has 99 valence electrons. The summed E-state index contributed by atoms with van der Waals surface area (Å²) < 4.78 is 34.1. The van der Waals surface area contributed by atoms with Crippen molar-refractivity contribution in [1.29, 1.82) is 0 Å². The average Bonchev–Trinajstić information content (AvgIpc) is 1.56. The molecule has 8 nitrogen and oxygen atoms in total. The normalized spacial score (nSPS) is 7.43. The van der Waals surface area contributed by atoms with E-state index in [4.69, 9.17) is 32.8 Å². The van der Waals surface area contributed by atoms with E-state index in [1.165, 1.54) is 0 Å². The molecule has 0 amide bonds. The van der Waals surface area contributed by atoms with Gasteiger partial charge in [0.15, 0.2) is 0 Å². The Morgan fingerprint density at radius 1 is 1.07 bits per heavy atom. The summed E-state index contributed by atoms with van der Waals surface area (Å²) in [6, 6.07) is 0. The van der Waals surface area contributed by atoms with Crippen LogP contribution in [-0.2, 0) is 57.7 Å². The third-order valence-electron chi connectivity index (χ3n) is 0. The average molecular weight is 420 g/mol. The van der Waals surface area contributed by atoms with Crippen LogP contribution < -0.4 is 0 Å². The molecule has 0 bridgehead atoms. The van der Waals surface area contributed by atoms with Gasteiger partial charge in [-0.1, -0.05) is 0 Å². The maximum atomic E-state index is 8.52. The number of nitrogens with zero attached hydrogens (tertiary/aromatic N) is 1. The molecule has 2 radical (unpaired) electrons. The fourth-order valence-corrected chi connectivity index (χ4v) is 0. The molecular weight excluding hydrogens is 420 g/mol. The van der Waals surface area contributed by atoms with Gasteiger partial charge in [0.05, 0.1) is 5.09 Å². The molecule has 0 fully saturated rings. The van der Waals surface area contributed by atoms with Gasteiger partial charge < -0.3 is 24.4 Å². The second kappa shape index (κ2) is 19.7. The Balaban J connectivity index is -0.0000000278. The van der Waals surface area contributed by atoms with E-state index in [0.29, 0.717) is 0 Å². The van der Waals surface area contributed by atoms with E-state index >= 15 is 0 Å². The molecule has 0 aliphatic rings. The van der Waals surface area contributed by atoms with Crippen molar-refractivity contribution >= 4 is 30.6 Å². The quantitative estimate of drug-likeness (QED) is 0.173. The van der Waals surface area contributed by atoms with Gasteiger partial charge >= 0.3 is 67.5 Å². The van der Waals surface area contributed by atoms with E-state index in [1.807, 2.05) is 0 Å². The van der Waals surface area contributed by atoms with Crippen LogP contribution in [0.25, 0.3) is 0 Å². The minimum absolute atomic E-state index is 0. The fourth-order valence-electron chi connectivity index (χ4n) is 0. The number of rotatable bonds is 0. The zero-order chi connectivity index (χ0) is 10.8. The zero-order valence-corrected chi connectivity index (χ0v) is 10.5. The predicted molar refractivity (Wildman–Crippen MR) is 32.5 cm³/mol. The van der Waals surface area contributed by atoms with E-state index in [-0.39, 0.29) is 34.1 Å². The van der Waals surface area contributed by atoms with E-state index < -0.39 is 15.5 Å². The molecular formula is Cl2Cu3NO7S+. The van der Waals surface area contributed by atoms with Crippen LogP contribution in [0.3, 0.4) is 0 Å². The minimum Gasteiger partial charge on any atom is 2.00 e. The molecule has 0 aromatic rings. The second-order valence-corrected chi connectivity index (χ2v) is 3.05. The first-order chi connectivity index (χ1) is 5.15. The molecule has 0 heterocycles. The van der Waals surface area contributed by atoms with Crippen molar-refractivity contribution < 1.29 is 69.9 Å². The van der Waals surface area contributed by atoms with Gasteiger partial charge in [-0.2, -0.15) is 0 Å². The molecule has 14 heavy (non-hydrogen) atoms. The molecule has 0 aromatic heterocycles. The molecule has 0 spiro atoms. The van der Waals surface area contributed by atoms with Crippen LogP contribution >= 0.6 is 20.2 Å². The minimum atomic E-state index is -5.17. The van der Waals surface area contributed by atoms with Crippen molar-refractivity contribution in [1.82, 2.24) is 0 Å². The molecule has 0 aliphatic carbocycles. The standard InChI is InChI=1S/2ClH.3Cu.NO3.H2O4S/c;;;;;2-1(3)4;1-5(2,3)4/h2*1H;;;;;(H2,1,2,3,4)/q;;3*+2;-1;/p-4. The van der Waals surface area contributed by atoms with Crippen LogP contribution in [0.4, 0.5) is 0 Å². The molecule has 0 N–H and O–H groups in total. The molecule has 14 heteroatoms. The Labute approximate surface area is 115 Å². The van der Waals surface area contributed by atoms with E-state index in [2.05, 4.69) is 20.2 Å². The van der Waals surface area contributed by atoms with Crippen molar-refractivity contribution in [2.45, 2.75) is 0 Å². The van der Waals surface area contributed by atoms with Crippen LogP contribution in [0.15, 0.2) is 0 Å². The summed E-state index contributed by atoms with van der Waals surface area (Å²) in [5.74, 6) is 0. The molecule has 0 rings (SSSR count). The Morgan fingerprint density at radius 3 is 1.07 bits per heavy atom. The van der Waals surface area contributed by atoms with Crippen LogP contribution in [0.1, 0.15) is 0 Å². The monoisotopic (exact) mass is 417 g/mol. The summed E-state index contributed by atoms with van der Waals surface area (Å²) in [6.07, 6.45) is 0. The Kier molecular flexibility index (Phi) is 41.5. The fraction of sp³-hybridized carbons (Fsp3) is 0. The van der Waals surface area contributed by atoms with Crippen molar-refractivity contribution in [3.8, 4) is 0 Å². The van der Waals surface area contributed by atoms with Crippen molar-refractivity contribution in [3.05, 3.63) is 15.3 Å². The van der Waals surface area contributed by atoms with Crippen LogP contribution in [-0.4, -0.2) is 22.6 Å². The summed E-state index contributed by atoms with van der Waals surface area (Å²) >= 11 is 0.757. The van der Waals surface area contributed by atoms with Gasteiger partial charge in [-0.05, 0) is 0 Å². The molecule has 0 saturated carbocycles. The number of halogens is 2. The molecule has 0 aromatic carbocycles.